The molecular formula is C18H9BrClNO2. The fourth-order valence-corrected chi connectivity index (χ4v) is 3.56. The van der Waals surface area contributed by atoms with Gasteiger partial charge >= 0.3 is 0 Å². The molecule has 3 aromatic carbocycles. The zero-order chi connectivity index (χ0) is 16.1. The van der Waals surface area contributed by atoms with E-state index < -0.39 is 0 Å². The summed E-state index contributed by atoms with van der Waals surface area (Å²) in [6.45, 7) is 0. The van der Waals surface area contributed by atoms with Crippen molar-refractivity contribution in [2.75, 3.05) is 4.90 Å². The quantitative estimate of drug-likeness (QED) is 0.548. The van der Waals surface area contributed by atoms with E-state index in [1.165, 1.54) is 4.90 Å². The number of hydrogen-bond donors (Lipinski definition) is 0. The Morgan fingerprint density at radius 3 is 2.30 bits per heavy atom. The fourth-order valence-electron chi connectivity index (χ4n) is 2.91. The minimum atomic E-state index is -0.339. The summed E-state index contributed by atoms with van der Waals surface area (Å²) < 4.78 is 0.856. The van der Waals surface area contributed by atoms with Crippen molar-refractivity contribution in [2.24, 2.45) is 0 Å². The molecule has 1 heterocycles. The van der Waals surface area contributed by atoms with Gasteiger partial charge in [0, 0.05) is 26.0 Å². The summed E-state index contributed by atoms with van der Waals surface area (Å²) in [7, 11) is 0. The van der Waals surface area contributed by atoms with Gasteiger partial charge in [-0.05, 0) is 41.8 Å². The van der Waals surface area contributed by atoms with Crippen molar-refractivity contribution in [2.45, 2.75) is 0 Å². The van der Waals surface area contributed by atoms with Gasteiger partial charge in [0.15, 0.2) is 0 Å². The van der Waals surface area contributed by atoms with E-state index in [1.807, 2.05) is 18.2 Å². The lowest BCUT2D eigenvalue weighted by Crippen LogP contribution is -2.40. The van der Waals surface area contributed by atoms with E-state index in [0.717, 1.165) is 9.86 Å². The number of benzene rings is 3. The largest absolute Gasteiger partial charge is 0.268 e. The fraction of sp³-hybridized carbons (Fsp3) is 0. The number of carbonyl (C=O) groups is 2. The highest BCUT2D eigenvalue weighted by molar-refractivity contribution is 9.10. The number of hydrogen-bond acceptors (Lipinski definition) is 2. The van der Waals surface area contributed by atoms with Crippen LogP contribution in [0.5, 0.6) is 0 Å². The molecule has 0 radical (unpaired) electrons. The van der Waals surface area contributed by atoms with Crippen molar-refractivity contribution >= 4 is 55.8 Å². The second-order valence-corrected chi connectivity index (χ2v) is 6.54. The molecule has 0 atom stereocenters. The van der Waals surface area contributed by atoms with Gasteiger partial charge < -0.3 is 0 Å². The van der Waals surface area contributed by atoms with Crippen LogP contribution in [0.2, 0.25) is 5.02 Å². The van der Waals surface area contributed by atoms with Crippen LogP contribution in [-0.2, 0) is 0 Å². The highest BCUT2D eigenvalue weighted by atomic mass is 79.9. The smallest absolute Gasteiger partial charge is 0.265 e. The molecule has 0 unspecified atom stereocenters. The van der Waals surface area contributed by atoms with Gasteiger partial charge in [-0.3, -0.25) is 9.59 Å². The maximum Gasteiger partial charge on any atom is 0.265 e. The minimum absolute atomic E-state index is 0.339. The van der Waals surface area contributed by atoms with Crippen molar-refractivity contribution in [3.63, 3.8) is 0 Å². The summed E-state index contributed by atoms with van der Waals surface area (Å²) in [4.78, 5) is 26.9. The summed E-state index contributed by atoms with van der Waals surface area (Å²) in [6.07, 6.45) is 0. The van der Waals surface area contributed by atoms with Crippen LogP contribution >= 0.6 is 27.5 Å². The predicted octanol–water partition coefficient (Wildman–Crippen LogP) is 5.06. The molecule has 23 heavy (non-hydrogen) atoms. The Morgan fingerprint density at radius 1 is 0.870 bits per heavy atom. The molecule has 3 aromatic rings. The predicted molar refractivity (Wildman–Crippen MR) is 94.2 cm³/mol. The van der Waals surface area contributed by atoms with Gasteiger partial charge in [-0.2, -0.15) is 0 Å². The summed E-state index contributed by atoms with van der Waals surface area (Å²) in [6, 6.07) is 15.7. The average Bonchev–Trinajstić information content (AvgIpc) is 2.54. The second-order valence-electron chi connectivity index (χ2n) is 5.25. The summed E-state index contributed by atoms with van der Waals surface area (Å²) in [5.41, 5.74) is 1.50. The number of halogens is 2. The Bertz CT molecular complexity index is 977. The Labute approximate surface area is 145 Å². The monoisotopic (exact) mass is 385 g/mol. The van der Waals surface area contributed by atoms with Crippen molar-refractivity contribution in [1.82, 2.24) is 0 Å². The molecular weight excluding hydrogens is 378 g/mol. The van der Waals surface area contributed by atoms with Crippen LogP contribution in [0.1, 0.15) is 20.7 Å². The average molecular weight is 387 g/mol. The lowest BCUT2D eigenvalue weighted by Gasteiger charge is -2.27. The van der Waals surface area contributed by atoms with Gasteiger partial charge in [0.25, 0.3) is 11.8 Å². The number of carbonyl (C=O) groups excluding carboxylic acids is 2. The molecule has 1 aliphatic heterocycles. The van der Waals surface area contributed by atoms with E-state index in [-0.39, 0.29) is 11.8 Å². The standard InChI is InChI=1S/C18H9BrClNO2/c19-15-8-7-14-16-12(15)5-2-6-13(16)17(22)21(18(14)23)11-4-1-3-10(20)9-11/h1-9H. The Balaban J connectivity index is 2.01. The number of nitrogens with zero attached hydrogens (tertiary/aromatic N) is 1. The van der Waals surface area contributed by atoms with Crippen LogP contribution in [-0.4, -0.2) is 11.8 Å². The van der Waals surface area contributed by atoms with E-state index in [4.69, 9.17) is 11.6 Å². The molecule has 0 aromatic heterocycles. The first-order valence-corrected chi connectivity index (χ1v) is 8.10. The molecule has 0 fully saturated rings. The maximum absolute atomic E-state index is 12.9. The van der Waals surface area contributed by atoms with Crippen molar-refractivity contribution in [1.29, 1.82) is 0 Å². The summed E-state index contributed by atoms with van der Waals surface area (Å²) in [5, 5.41) is 2.02. The third-order valence-electron chi connectivity index (χ3n) is 3.92. The molecule has 5 heteroatoms. The first-order chi connectivity index (χ1) is 11.1. The van der Waals surface area contributed by atoms with E-state index in [1.54, 1.807) is 36.4 Å². The molecule has 3 nitrogen and oxygen atoms in total. The van der Waals surface area contributed by atoms with Gasteiger partial charge in [-0.15, -0.1) is 0 Å². The molecule has 2 amide bonds. The first kappa shape index (κ1) is 14.4. The molecule has 0 saturated carbocycles. The van der Waals surface area contributed by atoms with E-state index in [9.17, 15) is 9.59 Å². The van der Waals surface area contributed by atoms with Crippen molar-refractivity contribution < 1.29 is 9.59 Å². The molecule has 0 aliphatic carbocycles. The zero-order valence-electron chi connectivity index (χ0n) is 11.7. The molecule has 0 spiro atoms. The Hall–Kier alpha value is -2.17. The molecule has 1 aliphatic rings. The van der Waals surface area contributed by atoms with E-state index in [2.05, 4.69) is 15.9 Å². The topological polar surface area (TPSA) is 37.4 Å². The highest BCUT2D eigenvalue weighted by Gasteiger charge is 2.34. The lowest BCUT2D eigenvalue weighted by atomic mass is 9.94. The minimum Gasteiger partial charge on any atom is -0.268 e. The van der Waals surface area contributed by atoms with Gasteiger partial charge in [0.05, 0.1) is 5.69 Å². The second kappa shape index (κ2) is 5.18. The lowest BCUT2D eigenvalue weighted by molar-refractivity contribution is 0.0893. The van der Waals surface area contributed by atoms with Gasteiger partial charge in [0.2, 0.25) is 0 Å². The molecule has 112 valence electrons. The molecule has 4 rings (SSSR count). The summed E-state index contributed by atoms with van der Waals surface area (Å²) in [5.74, 6) is -0.679. The van der Waals surface area contributed by atoms with Crippen LogP contribution in [0.4, 0.5) is 5.69 Å². The van der Waals surface area contributed by atoms with Crippen LogP contribution < -0.4 is 4.90 Å². The highest BCUT2D eigenvalue weighted by Crippen LogP contribution is 2.36. The normalized spacial score (nSPS) is 13.7. The molecule has 0 N–H and O–H groups in total. The SMILES string of the molecule is O=C1c2cccc3c(Br)ccc(c23)C(=O)N1c1cccc(Cl)c1. The van der Waals surface area contributed by atoms with Crippen LogP contribution in [0, 0.1) is 0 Å². The van der Waals surface area contributed by atoms with Gasteiger partial charge in [0.1, 0.15) is 0 Å². The number of imide groups is 1. The van der Waals surface area contributed by atoms with Crippen molar-refractivity contribution in [3.8, 4) is 0 Å². The van der Waals surface area contributed by atoms with Crippen LogP contribution in [0.15, 0.2) is 59.1 Å². The first-order valence-electron chi connectivity index (χ1n) is 6.93. The van der Waals surface area contributed by atoms with E-state index >= 15 is 0 Å². The molecule has 0 saturated heterocycles. The zero-order valence-corrected chi connectivity index (χ0v) is 14.1. The number of amides is 2. The maximum atomic E-state index is 12.9. The van der Waals surface area contributed by atoms with Crippen LogP contribution in [0.3, 0.4) is 0 Å². The van der Waals surface area contributed by atoms with E-state index in [0.29, 0.717) is 27.2 Å². The number of rotatable bonds is 1. The number of anilines is 1. The van der Waals surface area contributed by atoms with Gasteiger partial charge in [-0.25, -0.2) is 4.90 Å². The Kier molecular flexibility index (Phi) is 3.25. The van der Waals surface area contributed by atoms with Crippen LogP contribution in [0.25, 0.3) is 10.8 Å². The molecule has 0 bridgehead atoms. The third kappa shape index (κ3) is 2.10. The summed E-state index contributed by atoms with van der Waals surface area (Å²) >= 11 is 9.48. The third-order valence-corrected chi connectivity index (χ3v) is 4.85. The van der Waals surface area contributed by atoms with Gasteiger partial charge in [-0.1, -0.05) is 45.7 Å². The Morgan fingerprint density at radius 2 is 1.57 bits per heavy atom. The van der Waals surface area contributed by atoms with Crippen molar-refractivity contribution in [3.05, 3.63) is 75.2 Å².